The van der Waals surface area contributed by atoms with Gasteiger partial charge in [0.2, 0.25) is 0 Å². The van der Waals surface area contributed by atoms with Gasteiger partial charge in [-0.25, -0.2) is 9.50 Å². The minimum Gasteiger partial charge on any atom is -0.469 e. The molecular formula is C13H16N4O2. The minimum absolute atomic E-state index is 0.0760. The van der Waals surface area contributed by atoms with Crippen molar-refractivity contribution < 1.29 is 9.53 Å². The number of rotatable bonds is 2. The summed E-state index contributed by atoms with van der Waals surface area (Å²) in [6.07, 6.45) is 3.60. The van der Waals surface area contributed by atoms with Crippen LogP contribution in [0.1, 0.15) is 6.92 Å². The Morgan fingerprint density at radius 2 is 2.26 bits per heavy atom. The summed E-state index contributed by atoms with van der Waals surface area (Å²) in [5.41, 5.74) is 0.812. The van der Waals surface area contributed by atoms with Crippen LogP contribution in [-0.4, -0.2) is 40.8 Å². The van der Waals surface area contributed by atoms with Crippen molar-refractivity contribution in [3.05, 3.63) is 24.5 Å². The van der Waals surface area contributed by atoms with Gasteiger partial charge < -0.3 is 9.64 Å². The van der Waals surface area contributed by atoms with Gasteiger partial charge in [0.25, 0.3) is 0 Å². The molecule has 0 aliphatic carbocycles. The SMILES string of the molecule is COC(=O)C1CN(c2ccn3nccc3n2)CC1C. The molecule has 6 nitrogen and oxygen atoms in total. The Morgan fingerprint density at radius 3 is 3.05 bits per heavy atom. The van der Waals surface area contributed by atoms with Crippen LogP contribution in [0, 0.1) is 11.8 Å². The summed E-state index contributed by atoms with van der Waals surface area (Å²) in [6.45, 7) is 3.54. The summed E-state index contributed by atoms with van der Waals surface area (Å²) in [5.74, 6) is 0.940. The Labute approximate surface area is 111 Å². The van der Waals surface area contributed by atoms with E-state index < -0.39 is 0 Å². The third-order valence-corrected chi connectivity index (χ3v) is 3.68. The zero-order chi connectivity index (χ0) is 13.4. The van der Waals surface area contributed by atoms with Crippen molar-refractivity contribution in [3.8, 4) is 0 Å². The van der Waals surface area contributed by atoms with Crippen molar-refractivity contribution in [2.24, 2.45) is 11.8 Å². The van der Waals surface area contributed by atoms with E-state index in [1.165, 1.54) is 7.11 Å². The normalized spacial score (nSPS) is 22.9. The summed E-state index contributed by atoms with van der Waals surface area (Å²) >= 11 is 0. The van der Waals surface area contributed by atoms with Gasteiger partial charge in [0.15, 0.2) is 5.65 Å². The van der Waals surface area contributed by atoms with Crippen molar-refractivity contribution in [3.63, 3.8) is 0 Å². The number of hydrogen-bond acceptors (Lipinski definition) is 5. The molecule has 3 rings (SSSR count). The first kappa shape index (κ1) is 12.0. The molecule has 2 unspecified atom stereocenters. The van der Waals surface area contributed by atoms with Crippen LogP contribution in [0.15, 0.2) is 24.5 Å². The van der Waals surface area contributed by atoms with E-state index in [1.807, 2.05) is 18.3 Å². The van der Waals surface area contributed by atoms with E-state index in [-0.39, 0.29) is 17.8 Å². The Morgan fingerprint density at radius 1 is 1.42 bits per heavy atom. The number of carbonyl (C=O) groups is 1. The molecule has 2 aromatic heterocycles. The van der Waals surface area contributed by atoms with E-state index in [1.54, 1.807) is 10.7 Å². The molecule has 100 valence electrons. The van der Waals surface area contributed by atoms with Crippen molar-refractivity contribution >= 4 is 17.4 Å². The fraction of sp³-hybridized carbons (Fsp3) is 0.462. The molecule has 2 atom stereocenters. The van der Waals surface area contributed by atoms with E-state index in [2.05, 4.69) is 21.9 Å². The number of aromatic nitrogens is 3. The van der Waals surface area contributed by atoms with Crippen LogP contribution < -0.4 is 4.90 Å². The number of anilines is 1. The average molecular weight is 260 g/mol. The molecule has 1 saturated heterocycles. The smallest absolute Gasteiger partial charge is 0.310 e. The van der Waals surface area contributed by atoms with Crippen LogP contribution in [0.2, 0.25) is 0 Å². The molecule has 0 bridgehead atoms. The van der Waals surface area contributed by atoms with Crippen LogP contribution >= 0.6 is 0 Å². The molecule has 19 heavy (non-hydrogen) atoms. The van der Waals surface area contributed by atoms with Crippen molar-refractivity contribution in [2.75, 3.05) is 25.1 Å². The van der Waals surface area contributed by atoms with Gasteiger partial charge in [-0.15, -0.1) is 0 Å². The zero-order valence-electron chi connectivity index (χ0n) is 11.0. The molecule has 0 aromatic carbocycles. The minimum atomic E-state index is -0.138. The summed E-state index contributed by atoms with van der Waals surface area (Å²) in [5, 5.41) is 4.12. The van der Waals surface area contributed by atoms with Gasteiger partial charge in [-0.05, 0) is 12.0 Å². The highest BCUT2D eigenvalue weighted by Gasteiger charge is 2.36. The highest BCUT2D eigenvalue weighted by atomic mass is 16.5. The maximum Gasteiger partial charge on any atom is 0.310 e. The molecule has 3 heterocycles. The molecule has 0 radical (unpaired) electrons. The second-order valence-electron chi connectivity index (χ2n) is 4.93. The van der Waals surface area contributed by atoms with Gasteiger partial charge >= 0.3 is 5.97 Å². The number of esters is 1. The number of fused-ring (bicyclic) bond motifs is 1. The van der Waals surface area contributed by atoms with E-state index in [9.17, 15) is 4.79 Å². The molecule has 1 aliphatic rings. The standard InChI is InChI=1S/C13H16N4O2/c1-9-7-16(8-10(9)13(18)19-2)11-4-6-17-12(15-11)3-5-14-17/h3-6,9-10H,7-8H2,1-2H3. The molecule has 0 spiro atoms. The molecule has 6 heteroatoms. The Bertz CT molecular complexity index is 609. The zero-order valence-corrected chi connectivity index (χ0v) is 11.0. The fourth-order valence-corrected chi connectivity index (χ4v) is 2.59. The van der Waals surface area contributed by atoms with Crippen LogP contribution in [0.4, 0.5) is 5.82 Å². The Hall–Kier alpha value is -2.11. The van der Waals surface area contributed by atoms with Gasteiger partial charge in [-0.2, -0.15) is 5.10 Å². The van der Waals surface area contributed by atoms with E-state index in [0.29, 0.717) is 6.54 Å². The molecule has 0 saturated carbocycles. The van der Waals surface area contributed by atoms with Gasteiger partial charge in [0.05, 0.1) is 19.2 Å². The second kappa shape index (κ2) is 4.53. The van der Waals surface area contributed by atoms with E-state index >= 15 is 0 Å². The largest absolute Gasteiger partial charge is 0.469 e. The number of carbonyl (C=O) groups excluding carboxylic acids is 1. The van der Waals surface area contributed by atoms with Crippen LogP contribution in [0.3, 0.4) is 0 Å². The molecular weight excluding hydrogens is 244 g/mol. The monoisotopic (exact) mass is 260 g/mol. The number of hydrogen-bond donors (Lipinski definition) is 0. The van der Waals surface area contributed by atoms with Crippen molar-refractivity contribution in [1.82, 2.24) is 14.6 Å². The summed E-state index contributed by atoms with van der Waals surface area (Å²) in [6, 6.07) is 3.78. The number of methoxy groups -OCH3 is 1. The van der Waals surface area contributed by atoms with Gasteiger partial charge in [0, 0.05) is 25.4 Å². The molecule has 0 N–H and O–H groups in total. The predicted octanol–water partition coefficient (Wildman–Crippen LogP) is 0.975. The summed E-state index contributed by atoms with van der Waals surface area (Å²) in [7, 11) is 1.44. The molecule has 0 amide bonds. The van der Waals surface area contributed by atoms with E-state index in [4.69, 9.17) is 4.74 Å². The molecule has 1 fully saturated rings. The second-order valence-corrected chi connectivity index (χ2v) is 4.93. The third-order valence-electron chi connectivity index (χ3n) is 3.68. The lowest BCUT2D eigenvalue weighted by atomic mass is 9.99. The lowest BCUT2D eigenvalue weighted by Gasteiger charge is -2.16. The number of ether oxygens (including phenoxy) is 1. The van der Waals surface area contributed by atoms with Crippen LogP contribution in [0.5, 0.6) is 0 Å². The summed E-state index contributed by atoms with van der Waals surface area (Å²) < 4.78 is 6.57. The maximum atomic E-state index is 11.7. The number of nitrogens with zero attached hydrogens (tertiary/aromatic N) is 4. The fourth-order valence-electron chi connectivity index (χ4n) is 2.59. The topological polar surface area (TPSA) is 59.7 Å². The average Bonchev–Trinajstić information content (AvgIpc) is 3.03. The highest BCUT2D eigenvalue weighted by molar-refractivity contribution is 5.74. The first-order valence-electron chi connectivity index (χ1n) is 6.32. The first-order valence-corrected chi connectivity index (χ1v) is 6.32. The highest BCUT2D eigenvalue weighted by Crippen LogP contribution is 2.27. The van der Waals surface area contributed by atoms with Crippen LogP contribution in [-0.2, 0) is 9.53 Å². The third kappa shape index (κ3) is 2.03. The maximum absolute atomic E-state index is 11.7. The Balaban J connectivity index is 1.85. The van der Waals surface area contributed by atoms with Gasteiger partial charge in [0.1, 0.15) is 5.82 Å². The first-order chi connectivity index (χ1) is 9.19. The summed E-state index contributed by atoms with van der Waals surface area (Å²) in [4.78, 5) is 18.4. The quantitative estimate of drug-likeness (QED) is 0.753. The molecule has 2 aromatic rings. The predicted molar refractivity (Wildman–Crippen MR) is 69.9 cm³/mol. The van der Waals surface area contributed by atoms with Crippen molar-refractivity contribution in [1.29, 1.82) is 0 Å². The van der Waals surface area contributed by atoms with Crippen LogP contribution in [0.25, 0.3) is 5.65 Å². The molecule has 1 aliphatic heterocycles. The van der Waals surface area contributed by atoms with Crippen molar-refractivity contribution in [2.45, 2.75) is 6.92 Å². The lowest BCUT2D eigenvalue weighted by molar-refractivity contribution is -0.145. The van der Waals surface area contributed by atoms with Gasteiger partial charge in [-0.3, -0.25) is 4.79 Å². The Kier molecular flexibility index (Phi) is 2.85. The van der Waals surface area contributed by atoms with E-state index in [0.717, 1.165) is 18.0 Å². The van der Waals surface area contributed by atoms with Gasteiger partial charge in [-0.1, -0.05) is 6.92 Å². The lowest BCUT2D eigenvalue weighted by Crippen LogP contribution is -2.24.